The Bertz CT molecular complexity index is 321. The van der Waals surface area contributed by atoms with Gasteiger partial charge in [0, 0.05) is 25.0 Å². The van der Waals surface area contributed by atoms with Gasteiger partial charge in [-0.05, 0) is 13.0 Å². The molecule has 0 saturated carbocycles. The Morgan fingerprint density at radius 3 is 3.12 bits per heavy atom. The number of nitrogens with one attached hydrogen (secondary N) is 2. The number of aromatic nitrogens is 2. The van der Waals surface area contributed by atoms with E-state index in [2.05, 4.69) is 22.3 Å². The zero-order chi connectivity index (χ0) is 11.8. The van der Waals surface area contributed by atoms with Gasteiger partial charge in [-0.2, -0.15) is 5.10 Å². The highest BCUT2D eigenvalue weighted by Crippen LogP contribution is 1.90. The number of amides is 1. The molecular weight excluding hydrogens is 204 g/mol. The summed E-state index contributed by atoms with van der Waals surface area (Å²) < 4.78 is 1.79. The first-order valence-electron chi connectivity index (χ1n) is 5.30. The van der Waals surface area contributed by atoms with Gasteiger partial charge in [0.25, 0.3) is 0 Å². The van der Waals surface area contributed by atoms with Crippen LogP contribution in [0.25, 0.3) is 0 Å². The van der Waals surface area contributed by atoms with E-state index in [1.54, 1.807) is 17.0 Å². The van der Waals surface area contributed by atoms with E-state index in [1.165, 1.54) is 0 Å². The third-order valence-electron chi connectivity index (χ3n) is 2.00. The zero-order valence-electron chi connectivity index (χ0n) is 9.52. The summed E-state index contributed by atoms with van der Waals surface area (Å²) in [5, 5.41) is 9.90. The van der Waals surface area contributed by atoms with E-state index in [1.807, 2.05) is 19.2 Å². The molecule has 0 spiro atoms. The monoisotopic (exact) mass is 222 g/mol. The molecule has 1 aromatic rings. The average molecular weight is 222 g/mol. The van der Waals surface area contributed by atoms with Crippen LogP contribution in [0.4, 0.5) is 0 Å². The molecule has 0 saturated heterocycles. The van der Waals surface area contributed by atoms with Crippen LogP contribution in [0.1, 0.15) is 6.92 Å². The highest BCUT2D eigenvalue weighted by molar-refractivity contribution is 5.78. The van der Waals surface area contributed by atoms with Crippen LogP contribution >= 0.6 is 0 Å². The Balaban J connectivity index is 2.20. The van der Waals surface area contributed by atoms with Crippen molar-refractivity contribution in [1.29, 1.82) is 0 Å². The Morgan fingerprint density at radius 1 is 1.69 bits per heavy atom. The van der Waals surface area contributed by atoms with E-state index < -0.39 is 0 Å². The summed E-state index contributed by atoms with van der Waals surface area (Å²) in [5.41, 5.74) is 0. The molecule has 1 unspecified atom stereocenters. The van der Waals surface area contributed by atoms with Crippen LogP contribution in [0.15, 0.2) is 31.1 Å². The molecule has 16 heavy (non-hydrogen) atoms. The number of nitrogens with zero attached hydrogens (tertiary/aromatic N) is 2. The van der Waals surface area contributed by atoms with E-state index >= 15 is 0 Å². The van der Waals surface area contributed by atoms with E-state index in [4.69, 9.17) is 0 Å². The second-order valence-electron chi connectivity index (χ2n) is 3.62. The van der Waals surface area contributed by atoms with Gasteiger partial charge in [0.15, 0.2) is 0 Å². The van der Waals surface area contributed by atoms with Crippen LogP contribution in [0, 0.1) is 0 Å². The molecule has 0 aliphatic heterocycles. The predicted octanol–water partition coefficient (Wildman–Crippen LogP) is 0.163. The molecule has 1 rings (SSSR count). The lowest BCUT2D eigenvalue weighted by atomic mass is 10.3. The molecule has 1 heterocycles. The Morgan fingerprint density at radius 2 is 2.50 bits per heavy atom. The summed E-state index contributed by atoms with van der Waals surface area (Å²) in [5.74, 6) is -0.0125. The van der Waals surface area contributed by atoms with Gasteiger partial charge in [0.1, 0.15) is 0 Å². The van der Waals surface area contributed by atoms with Crippen LogP contribution < -0.4 is 10.6 Å². The van der Waals surface area contributed by atoms with Crippen LogP contribution in [0.2, 0.25) is 0 Å². The summed E-state index contributed by atoms with van der Waals surface area (Å²) in [6.45, 7) is 7.15. The number of hydrogen-bond acceptors (Lipinski definition) is 3. The Labute approximate surface area is 95.5 Å². The molecule has 5 heteroatoms. The fourth-order valence-corrected chi connectivity index (χ4v) is 1.35. The highest BCUT2D eigenvalue weighted by atomic mass is 16.1. The third-order valence-corrected chi connectivity index (χ3v) is 2.00. The van der Waals surface area contributed by atoms with E-state index in [0.29, 0.717) is 19.6 Å². The Kier molecular flexibility index (Phi) is 5.28. The van der Waals surface area contributed by atoms with E-state index in [9.17, 15) is 4.79 Å². The minimum atomic E-state index is -0.0125. The lowest BCUT2D eigenvalue weighted by molar-refractivity contribution is -0.120. The van der Waals surface area contributed by atoms with Crippen molar-refractivity contribution in [3.63, 3.8) is 0 Å². The van der Waals surface area contributed by atoms with Gasteiger partial charge in [-0.3, -0.25) is 9.48 Å². The van der Waals surface area contributed by atoms with Gasteiger partial charge in [-0.15, -0.1) is 6.58 Å². The summed E-state index contributed by atoms with van der Waals surface area (Å²) in [7, 11) is 0. The van der Waals surface area contributed by atoms with Crippen molar-refractivity contribution < 1.29 is 4.79 Å². The third kappa shape index (κ3) is 4.75. The van der Waals surface area contributed by atoms with Crippen molar-refractivity contribution in [1.82, 2.24) is 20.4 Å². The van der Waals surface area contributed by atoms with Gasteiger partial charge in [0.2, 0.25) is 5.91 Å². The molecule has 0 aliphatic rings. The van der Waals surface area contributed by atoms with Crippen molar-refractivity contribution >= 4 is 5.91 Å². The maximum absolute atomic E-state index is 11.4. The fraction of sp³-hybridized carbons (Fsp3) is 0.455. The summed E-state index contributed by atoms with van der Waals surface area (Å²) in [6.07, 6.45) is 5.32. The zero-order valence-corrected chi connectivity index (χ0v) is 9.52. The number of rotatable bonds is 7. The number of carbonyl (C=O) groups is 1. The molecular formula is C11H18N4O. The van der Waals surface area contributed by atoms with Crippen LogP contribution in [-0.4, -0.2) is 34.8 Å². The number of hydrogen-bond donors (Lipinski definition) is 2. The predicted molar refractivity (Wildman–Crippen MR) is 62.9 cm³/mol. The van der Waals surface area contributed by atoms with Crippen LogP contribution in [0.3, 0.4) is 0 Å². The topological polar surface area (TPSA) is 59.0 Å². The van der Waals surface area contributed by atoms with Crippen molar-refractivity contribution in [3.05, 3.63) is 31.1 Å². The second kappa shape index (κ2) is 6.79. The van der Waals surface area contributed by atoms with Crippen molar-refractivity contribution in [3.8, 4) is 0 Å². The smallest absolute Gasteiger partial charge is 0.234 e. The maximum Gasteiger partial charge on any atom is 0.234 e. The average Bonchev–Trinajstić information content (AvgIpc) is 2.70. The molecule has 0 aromatic carbocycles. The first kappa shape index (κ1) is 12.4. The van der Waals surface area contributed by atoms with Gasteiger partial charge >= 0.3 is 0 Å². The standard InChI is InChI=1S/C11H18N4O/c1-3-5-12-8-11(16)14-10(2)9-15-7-4-6-13-15/h3-4,6-7,10,12H,1,5,8-9H2,2H3,(H,14,16). The highest BCUT2D eigenvalue weighted by Gasteiger charge is 2.06. The molecule has 0 bridgehead atoms. The quantitative estimate of drug-likeness (QED) is 0.510. The SMILES string of the molecule is C=CCNCC(=O)NC(C)Cn1cccn1. The molecule has 1 amide bonds. The second-order valence-corrected chi connectivity index (χ2v) is 3.62. The molecule has 1 aromatic heterocycles. The van der Waals surface area contributed by atoms with Gasteiger partial charge in [0.05, 0.1) is 13.1 Å². The van der Waals surface area contributed by atoms with Crippen molar-refractivity contribution in [2.45, 2.75) is 19.5 Å². The fourth-order valence-electron chi connectivity index (χ4n) is 1.35. The molecule has 0 fully saturated rings. The molecule has 1 atom stereocenters. The first-order chi connectivity index (χ1) is 7.72. The van der Waals surface area contributed by atoms with Crippen molar-refractivity contribution in [2.24, 2.45) is 0 Å². The van der Waals surface area contributed by atoms with Crippen LogP contribution in [-0.2, 0) is 11.3 Å². The van der Waals surface area contributed by atoms with E-state index in [-0.39, 0.29) is 11.9 Å². The summed E-state index contributed by atoms with van der Waals surface area (Å²) in [6, 6.07) is 1.93. The van der Waals surface area contributed by atoms with Gasteiger partial charge in [-0.25, -0.2) is 0 Å². The lowest BCUT2D eigenvalue weighted by Crippen LogP contribution is -2.41. The molecule has 5 nitrogen and oxygen atoms in total. The lowest BCUT2D eigenvalue weighted by Gasteiger charge is -2.13. The number of carbonyl (C=O) groups excluding carboxylic acids is 1. The normalized spacial score (nSPS) is 12.1. The van der Waals surface area contributed by atoms with E-state index in [0.717, 1.165) is 0 Å². The van der Waals surface area contributed by atoms with Crippen LogP contribution in [0.5, 0.6) is 0 Å². The molecule has 2 N–H and O–H groups in total. The minimum Gasteiger partial charge on any atom is -0.351 e. The van der Waals surface area contributed by atoms with Gasteiger partial charge in [-0.1, -0.05) is 6.08 Å². The molecule has 0 radical (unpaired) electrons. The summed E-state index contributed by atoms with van der Waals surface area (Å²) >= 11 is 0. The maximum atomic E-state index is 11.4. The van der Waals surface area contributed by atoms with Crippen molar-refractivity contribution in [2.75, 3.05) is 13.1 Å². The largest absolute Gasteiger partial charge is 0.351 e. The van der Waals surface area contributed by atoms with Gasteiger partial charge < -0.3 is 10.6 Å². The molecule has 88 valence electrons. The first-order valence-corrected chi connectivity index (χ1v) is 5.30. The Hall–Kier alpha value is -1.62. The molecule has 0 aliphatic carbocycles. The summed E-state index contributed by atoms with van der Waals surface area (Å²) in [4.78, 5) is 11.4. The minimum absolute atomic E-state index is 0.0125.